The Morgan fingerprint density at radius 2 is 2.60 bits per heavy atom. The van der Waals surface area contributed by atoms with Gasteiger partial charge in [0.25, 0.3) is 0 Å². The predicted octanol–water partition coefficient (Wildman–Crippen LogP) is 0.730. The van der Waals surface area contributed by atoms with Crippen molar-refractivity contribution >= 4 is 5.97 Å². The number of methoxy groups -OCH3 is 1. The van der Waals surface area contributed by atoms with Gasteiger partial charge in [0.05, 0.1) is 12.8 Å². The number of likely N-dealkylation sites (tertiary alicyclic amines) is 1. The van der Waals surface area contributed by atoms with Gasteiger partial charge in [-0.05, 0) is 13.3 Å². The van der Waals surface area contributed by atoms with Crippen molar-refractivity contribution in [3.63, 3.8) is 0 Å². The van der Waals surface area contributed by atoms with Crippen molar-refractivity contribution in [1.29, 1.82) is 0 Å². The van der Waals surface area contributed by atoms with Crippen molar-refractivity contribution in [3.05, 3.63) is 17.5 Å². The highest BCUT2D eigenvalue weighted by molar-refractivity contribution is 5.76. The molecule has 0 bridgehead atoms. The lowest BCUT2D eigenvalue weighted by Gasteiger charge is -2.37. The second-order valence-corrected chi connectivity index (χ2v) is 3.73. The first-order valence-electron chi connectivity index (χ1n) is 4.95. The van der Waals surface area contributed by atoms with Gasteiger partial charge in [-0.1, -0.05) is 5.16 Å². The van der Waals surface area contributed by atoms with Crippen LogP contribution in [0.1, 0.15) is 17.9 Å². The molecule has 1 fully saturated rings. The molecule has 1 unspecified atom stereocenters. The summed E-state index contributed by atoms with van der Waals surface area (Å²) in [6.45, 7) is 3.41. The summed E-state index contributed by atoms with van der Waals surface area (Å²) in [5, 5.41) is 3.89. The average Bonchev–Trinajstić information content (AvgIpc) is 2.58. The van der Waals surface area contributed by atoms with Crippen LogP contribution in [0.4, 0.5) is 0 Å². The van der Waals surface area contributed by atoms with E-state index in [0.717, 1.165) is 24.4 Å². The standard InChI is InChI=1S/C10H14N2O3/c1-7-5-8(11-15-7)6-12-4-3-9(12)10(13)14-2/h5,9H,3-4,6H2,1-2H3. The zero-order valence-electron chi connectivity index (χ0n) is 8.90. The molecule has 1 aromatic rings. The van der Waals surface area contributed by atoms with E-state index in [1.807, 2.05) is 17.9 Å². The van der Waals surface area contributed by atoms with Crippen molar-refractivity contribution < 1.29 is 14.1 Å². The molecule has 0 radical (unpaired) electrons. The molecule has 5 nitrogen and oxygen atoms in total. The number of esters is 1. The van der Waals surface area contributed by atoms with E-state index in [2.05, 4.69) is 5.16 Å². The summed E-state index contributed by atoms with van der Waals surface area (Å²) in [5.41, 5.74) is 0.862. The molecule has 0 spiro atoms. The first kappa shape index (κ1) is 10.2. The number of aryl methyl sites for hydroxylation is 1. The van der Waals surface area contributed by atoms with Gasteiger partial charge in [-0.15, -0.1) is 0 Å². The molecule has 1 atom stereocenters. The third-order valence-corrected chi connectivity index (χ3v) is 2.65. The minimum absolute atomic E-state index is 0.105. The van der Waals surface area contributed by atoms with Crippen molar-refractivity contribution in [3.8, 4) is 0 Å². The smallest absolute Gasteiger partial charge is 0.323 e. The average molecular weight is 210 g/mol. The molecule has 2 rings (SSSR count). The van der Waals surface area contributed by atoms with E-state index in [1.165, 1.54) is 7.11 Å². The quantitative estimate of drug-likeness (QED) is 0.688. The monoisotopic (exact) mass is 210 g/mol. The Kier molecular flexibility index (Phi) is 2.73. The number of hydrogen-bond acceptors (Lipinski definition) is 5. The lowest BCUT2D eigenvalue weighted by Crippen LogP contribution is -2.52. The molecule has 0 amide bonds. The Bertz CT molecular complexity index is 361. The van der Waals surface area contributed by atoms with E-state index < -0.39 is 0 Å². The highest BCUT2D eigenvalue weighted by Crippen LogP contribution is 2.21. The van der Waals surface area contributed by atoms with Crippen molar-refractivity contribution in [2.75, 3.05) is 13.7 Å². The van der Waals surface area contributed by atoms with Crippen molar-refractivity contribution in [2.24, 2.45) is 0 Å². The summed E-state index contributed by atoms with van der Waals surface area (Å²) >= 11 is 0. The van der Waals surface area contributed by atoms with Gasteiger partial charge in [0, 0.05) is 19.2 Å². The molecule has 5 heteroatoms. The molecule has 15 heavy (non-hydrogen) atoms. The Balaban J connectivity index is 1.93. The van der Waals surface area contributed by atoms with Gasteiger partial charge in [-0.2, -0.15) is 0 Å². The largest absolute Gasteiger partial charge is 0.468 e. The number of nitrogens with zero attached hydrogens (tertiary/aromatic N) is 2. The second-order valence-electron chi connectivity index (χ2n) is 3.73. The molecular formula is C10H14N2O3. The van der Waals surface area contributed by atoms with Crippen LogP contribution in [0.2, 0.25) is 0 Å². The summed E-state index contributed by atoms with van der Waals surface area (Å²) in [5.74, 6) is 0.626. The Labute approximate surface area is 88.0 Å². The minimum atomic E-state index is -0.165. The summed E-state index contributed by atoms with van der Waals surface area (Å²) in [6, 6.07) is 1.78. The maximum Gasteiger partial charge on any atom is 0.323 e. The number of aromatic nitrogens is 1. The fourth-order valence-electron chi connectivity index (χ4n) is 1.73. The summed E-state index contributed by atoms with van der Waals surface area (Å²) in [7, 11) is 1.42. The molecule has 0 saturated carbocycles. The third kappa shape index (κ3) is 2.02. The number of carbonyl (C=O) groups excluding carboxylic acids is 1. The van der Waals surface area contributed by atoms with Crippen LogP contribution in [0.5, 0.6) is 0 Å². The summed E-state index contributed by atoms with van der Waals surface area (Å²) in [4.78, 5) is 13.3. The van der Waals surface area contributed by atoms with Crippen LogP contribution in [-0.2, 0) is 16.1 Å². The molecule has 1 aliphatic heterocycles. The first-order chi connectivity index (χ1) is 7.20. The second kappa shape index (κ2) is 4.02. The zero-order valence-corrected chi connectivity index (χ0v) is 8.90. The van der Waals surface area contributed by atoms with Gasteiger partial charge < -0.3 is 9.26 Å². The SMILES string of the molecule is COC(=O)C1CCN1Cc1cc(C)on1. The first-order valence-corrected chi connectivity index (χ1v) is 4.95. The van der Waals surface area contributed by atoms with Crippen LogP contribution >= 0.6 is 0 Å². The van der Waals surface area contributed by atoms with Gasteiger partial charge in [0.15, 0.2) is 0 Å². The summed E-state index contributed by atoms with van der Waals surface area (Å²) < 4.78 is 9.67. The summed E-state index contributed by atoms with van der Waals surface area (Å²) in [6.07, 6.45) is 0.865. The van der Waals surface area contributed by atoms with Gasteiger partial charge >= 0.3 is 5.97 Å². The van der Waals surface area contributed by atoms with Gasteiger partial charge in [-0.3, -0.25) is 9.69 Å². The van der Waals surface area contributed by atoms with Crippen LogP contribution in [-0.4, -0.2) is 35.7 Å². The number of hydrogen-bond donors (Lipinski definition) is 0. The molecule has 1 saturated heterocycles. The minimum Gasteiger partial charge on any atom is -0.468 e. The molecule has 1 aliphatic rings. The van der Waals surface area contributed by atoms with E-state index >= 15 is 0 Å². The van der Waals surface area contributed by atoms with E-state index in [-0.39, 0.29) is 12.0 Å². The maximum atomic E-state index is 11.3. The topological polar surface area (TPSA) is 55.6 Å². The lowest BCUT2D eigenvalue weighted by molar-refractivity contribution is -0.152. The van der Waals surface area contributed by atoms with Crippen LogP contribution in [0.15, 0.2) is 10.6 Å². The van der Waals surface area contributed by atoms with Gasteiger partial charge in [0.2, 0.25) is 0 Å². The molecule has 0 aliphatic carbocycles. The number of carbonyl (C=O) groups is 1. The fraction of sp³-hybridized carbons (Fsp3) is 0.600. The number of rotatable bonds is 3. The van der Waals surface area contributed by atoms with Crippen LogP contribution in [0.3, 0.4) is 0 Å². The van der Waals surface area contributed by atoms with Gasteiger partial charge in [-0.25, -0.2) is 0 Å². The Morgan fingerprint density at radius 1 is 1.80 bits per heavy atom. The molecular weight excluding hydrogens is 196 g/mol. The van der Waals surface area contributed by atoms with Crippen LogP contribution < -0.4 is 0 Å². The van der Waals surface area contributed by atoms with Gasteiger partial charge in [0.1, 0.15) is 11.8 Å². The van der Waals surface area contributed by atoms with E-state index in [1.54, 1.807) is 0 Å². The van der Waals surface area contributed by atoms with Crippen LogP contribution in [0, 0.1) is 6.92 Å². The Morgan fingerprint density at radius 3 is 3.07 bits per heavy atom. The zero-order chi connectivity index (χ0) is 10.8. The van der Waals surface area contributed by atoms with Crippen molar-refractivity contribution in [2.45, 2.75) is 25.9 Å². The molecule has 0 N–H and O–H groups in total. The fourth-order valence-corrected chi connectivity index (χ4v) is 1.73. The third-order valence-electron chi connectivity index (χ3n) is 2.65. The van der Waals surface area contributed by atoms with Crippen LogP contribution in [0.25, 0.3) is 0 Å². The van der Waals surface area contributed by atoms with E-state index in [0.29, 0.717) is 6.54 Å². The normalized spacial score (nSPS) is 21.1. The number of ether oxygens (including phenoxy) is 1. The van der Waals surface area contributed by atoms with E-state index in [9.17, 15) is 4.79 Å². The lowest BCUT2D eigenvalue weighted by atomic mass is 10.0. The molecule has 0 aromatic carbocycles. The predicted molar refractivity (Wildman–Crippen MR) is 52.1 cm³/mol. The highest BCUT2D eigenvalue weighted by Gasteiger charge is 2.35. The highest BCUT2D eigenvalue weighted by atomic mass is 16.5. The van der Waals surface area contributed by atoms with E-state index in [4.69, 9.17) is 9.26 Å². The molecule has 2 heterocycles. The Hall–Kier alpha value is -1.36. The molecule has 82 valence electrons. The maximum absolute atomic E-state index is 11.3. The molecule has 1 aromatic heterocycles. The van der Waals surface area contributed by atoms with Crippen molar-refractivity contribution in [1.82, 2.24) is 10.1 Å².